The molecule has 0 aromatic carbocycles. The van der Waals surface area contributed by atoms with Gasteiger partial charge in [-0.05, 0) is 11.6 Å². The van der Waals surface area contributed by atoms with Gasteiger partial charge in [0.15, 0.2) is 17.0 Å². The summed E-state index contributed by atoms with van der Waals surface area (Å²) < 4.78 is 8.60. The first-order chi connectivity index (χ1) is 9.58. The third-order valence-corrected chi connectivity index (χ3v) is 2.94. The van der Waals surface area contributed by atoms with E-state index >= 15 is 0 Å². The standard InChI is InChI=1S/C11H12ClN7O/c1-18-5-13-7-8(15-11(12)16-9(7)18)14-6-4-19(2)17-10(6)20-3/h4-5H,1-3H3,(H,14,15,16). The van der Waals surface area contributed by atoms with Crippen molar-refractivity contribution in [3.63, 3.8) is 0 Å². The number of methoxy groups -OCH3 is 1. The lowest BCUT2D eigenvalue weighted by Gasteiger charge is -2.05. The maximum absolute atomic E-state index is 5.94. The van der Waals surface area contributed by atoms with Crippen LogP contribution in [0.4, 0.5) is 11.5 Å². The molecule has 0 amide bonds. The summed E-state index contributed by atoms with van der Waals surface area (Å²) in [5.74, 6) is 0.971. The van der Waals surface area contributed by atoms with Gasteiger partial charge in [0.05, 0.1) is 19.6 Å². The molecule has 0 saturated carbocycles. The molecule has 0 aliphatic heterocycles. The van der Waals surface area contributed by atoms with Gasteiger partial charge < -0.3 is 14.6 Å². The molecule has 0 fully saturated rings. The predicted molar refractivity (Wildman–Crippen MR) is 74.4 cm³/mol. The summed E-state index contributed by atoms with van der Waals surface area (Å²) >= 11 is 5.94. The zero-order chi connectivity index (χ0) is 14.3. The minimum atomic E-state index is 0.145. The Kier molecular flexibility index (Phi) is 2.94. The Bertz CT molecular complexity index is 779. The van der Waals surface area contributed by atoms with E-state index in [-0.39, 0.29) is 5.28 Å². The van der Waals surface area contributed by atoms with Crippen LogP contribution in [0.25, 0.3) is 11.2 Å². The van der Waals surface area contributed by atoms with Crippen LogP contribution in [0.2, 0.25) is 5.28 Å². The molecule has 0 radical (unpaired) electrons. The van der Waals surface area contributed by atoms with Crippen LogP contribution in [0.5, 0.6) is 5.88 Å². The Morgan fingerprint density at radius 1 is 1.30 bits per heavy atom. The minimum Gasteiger partial charge on any atom is -0.478 e. The molecule has 3 aromatic heterocycles. The topological polar surface area (TPSA) is 82.7 Å². The Balaban J connectivity index is 2.10. The number of hydrogen-bond donors (Lipinski definition) is 1. The lowest BCUT2D eigenvalue weighted by atomic mass is 10.4. The number of fused-ring (bicyclic) bond motifs is 1. The van der Waals surface area contributed by atoms with Gasteiger partial charge in [0, 0.05) is 14.1 Å². The fourth-order valence-corrected chi connectivity index (χ4v) is 2.06. The lowest BCUT2D eigenvalue weighted by molar-refractivity contribution is 0.393. The zero-order valence-corrected chi connectivity index (χ0v) is 11.9. The van der Waals surface area contributed by atoms with Crippen molar-refractivity contribution in [3.05, 3.63) is 17.8 Å². The van der Waals surface area contributed by atoms with Crippen LogP contribution in [0, 0.1) is 0 Å². The Morgan fingerprint density at radius 3 is 2.85 bits per heavy atom. The first-order valence-corrected chi connectivity index (χ1v) is 6.15. The van der Waals surface area contributed by atoms with E-state index in [1.54, 1.807) is 35.9 Å². The van der Waals surface area contributed by atoms with E-state index in [0.29, 0.717) is 28.5 Å². The monoisotopic (exact) mass is 293 g/mol. The second kappa shape index (κ2) is 4.64. The summed E-state index contributed by atoms with van der Waals surface area (Å²) in [5, 5.41) is 7.43. The molecule has 8 nitrogen and oxygen atoms in total. The highest BCUT2D eigenvalue weighted by molar-refractivity contribution is 6.28. The third-order valence-electron chi connectivity index (χ3n) is 2.77. The van der Waals surface area contributed by atoms with Crippen LogP contribution >= 0.6 is 11.6 Å². The normalized spacial score (nSPS) is 11.0. The molecule has 3 heterocycles. The van der Waals surface area contributed by atoms with Gasteiger partial charge in [0.1, 0.15) is 5.69 Å². The number of imidazole rings is 1. The molecule has 9 heteroatoms. The van der Waals surface area contributed by atoms with Crippen molar-refractivity contribution in [1.29, 1.82) is 0 Å². The second-order valence-electron chi connectivity index (χ2n) is 4.22. The third kappa shape index (κ3) is 2.03. The largest absolute Gasteiger partial charge is 0.478 e. The number of anilines is 2. The van der Waals surface area contributed by atoms with Crippen molar-refractivity contribution in [1.82, 2.24) is 29.3 Å². The molecular weight excluding hydrogens is 282 g/mol. The maximum Gasteiger partial charge on any atom is 0.256 e. The van der Waals surface area contributed by atoms with Gasteiger partial charge in [-0.15, -0.1) is 5.10 Å². The van der Waals surface area contributed by atoms with Gasteiger partial charge in [0.25, 0.3) is 5.88 Å². The molecule has 104 valence electrons. The van der Waals surface area contributed by atoms with Crippen molar-refractivity contribution in [2.75, 3.05) is 12.4 Å². The lowest BCUT2D eigenvalue weighted by Crippen LogP contribution is -1.99. The fourth-order valence-electron chi connectivity index (χ4n) is 1.90. The zero-order valence-electron chi connectivity index (χ0n) is 11.1. The Labute approximate surface area is 119 Å². The molecule has 0 atom stereocenters. The Hall–Kier alpha value is -2.35. The summed E-state index contributed by atoms with van der Waals surface area (Å²) in [4.78, 5) is 12.6. The van der Waals surface area contributed by atoms with Gasteiger partial charge >= 0.3 is 0 Å². The van der Waals surface area contributed by atoms with E-state index in [9.17, 15) is 0 Å². The van der Waals surface area contributed by atoms with Crippen molar-refractivity contribution in [2.45, 2.75) is 0 Å². The molecule has 0 aliphatic carbocycles. The summed E-state index contributed by atoms with van der Waals surface area (Å²) in [7, 11) is 5.20. The van der Waals surface area contributed by atoms with E-state index in [2.05, 4.69) is 25.4 Å². The SMILES string of the molecule is COc1nn(C)cc1Nc1nc(Cl)nc2c1ncn2C. The van der Waals surface area contributed by atoms with Gasteiger partial charge in [-0.25, -0.2) is 4.98 Å². The number of halogens is 1. The highest BCUT2D eigenvalue weighted by atomic mass is 35.5. The highest BCUT2D eigenvalue weighted by Crippen LogP contribution is 2.28. The second-order valence-corrected chi connectivity index (χ2v) is 4.56. The number of hydrogen-bond acceptors (Lipinski definition) is 6. The van der Waals surface area contributed by atoms with Crippen LogP contribution in [0.1, 0.15) is 0 Å². The summed E-state index contributed by atoms with van der Waals surface area (Å²) in [6, 6.07) is 0. The van der Waals surface area contributed by atoms with E-state index < -0.39 is 0 Å². The number of aromatic nitrogens is 6. The molecule has 0 unspecified atom stereocenters. The Morgan fingerprint density at radius 2 is 2.10 bits per heavy atom. The molecule has 3 aromatic rings. The van der Waals surface area contributed by atoms with Crippen molar-refractivity contribution >= 4 is 34.3 Å². The minimum absolute atomic E-state index is 0.145. The van der Waals surface area contributed by atoms with E-state index in [1.807, 2.05) is 7.05 Å². The molecule has 0 bridgehead atoms. The fraction of sp³-hybridized carbons (Fsp3) is 0.273. The number of nitrogens with zero attached hydrogens (tertiary/aromatic N) is 6. The summed E-state index contributed by atoms with van der Waals surface area (Å²) in [6.45, 7) is 0. The molecule has 3 rings (SSSR count). The van der Waals surface area contributed by atoms with Crippen LogP contribution in [0.15, 0.2) is 12.5 Å². The smallest absolute Gasteiger partial charge is 0.256 e. The number of nitrogens with one attached hydrogen (secondary N) is 1. The van der Waals surface area contributed by atoms with E-state index in [0.717, 1.165) is 0 Å². The average molecular weight is 294 g/mol. The van der Waals surface area contributed by atoms with E-state index in [4.69, 9.17) is 16.3 Å². The van der Waals surface area contributed by atoms with Crippen molar-refractivity contribution < 1.29 is 4.74 Å². The van der Waals surface area contributed by atoms with Gasteiger partial charge in [-0.3, -0.25) is 4.68 Å². The van der Waals surface area contributed by atoms with Crippen LogP contribution < -0.4 is 10.1 Å². The first-order valence-electron chi connectivity index (χ1n) is 5.77. The van der Waals surface area contributed by atoms with Crippen LogP contribution in [0.3, 0.4) is 0 Å². The molecular formula is C11H12ClN7O. The predicted octanol–water partition coefficient (Wildman–Crippen LogP) is 1.50. The molecule has 20 heavy (non-hydrogen) atoms. The van der Waals surface area contributed by atoms with Gasteiger partial charge in [-0.2, -0.15) is 9.97 Å². The molecule has 1 N–H and O–H groups in total. The van der Waals surface area contributed by atoms with E-state index in [1.165, 1.54) is 0 Å². The highest BCUT2D eigenvalue weighted by Gasteiger charge is 2.14. The molecule has 0 aliphatic rings. The number of ether oxygens (including phenoxy) is 1. The van der Waals surface area contributed by atoms with Crippen LogP contribution in [-0.4, -0.2) is 36.4 Å². The first kappa shape index (κ1) is 12.7. The summed E-state index contributed by atoms with van der Waals surface area (Å²) in [6.07, 6.45) is 3.44. The number of rotatable bonds is 3. The maximum atomic E-state index is 5.94. The van der Waals surface area contributed by atoms with Gasteiger partial charge in [0.2, 0.25) is 5.28 Å². The van der Waals surface area contributed by atoms with Gasteiger partial charge in [-0.1, -0.05) is 0 Å². The molecule has 0 spiro atoms. The summed E-state index contributed by atoms with van der Waals surface area (Å²) in [5.41, 5.74) is 1.95. The van der Waals surface area contributed by atoms with Crippen molar-refractivity contribution in [3.8, 4) is 5.88 Å². The average Bonchev–Trinajstić information content (AvgIpc) is 2.94. The molecule has 0 saturated heterocycles. The number of aryl methyl sites for hydroxylation is 2. The quantitative estimate of drug-likeness (QED) is 0.737. The van der Waals surface area contributed by atoms with Crippen LogP contribution in [-0.2, 0) is 14.1 Å². The van der Waals surface area contributed by atoms with Crippen molar-refractivity contribution in [2.24, 2.45) is 14.1 Å².